The number of nitrogens with zero attached hydrogens (tertiary/aromatic N) is 1. The number of hydrogen-bond acceptors (Lipinski definition) is 5. The van der Waals surface area contributed by atoms with Gasteiger partial charge in [-0.3, -0.25) is 4.98 Å². The van der Waals surface area contributed by atoms with Crippen molar-refractivity contribution in [2.45, 2.75) is 0 Å². The first-order valence-electron chi connectivity index (χ1n) is 5.70. The van der Waals surface area contributed by atoms with Gasteiger partial charge in [0.05, 0.1) is 27.0 Å². The number of nitrogens with two attached hydrogens (primary N) is 1. The van der Waals surface area contributed by atoms with Crippen LogP contribution < -0.4 is 19.9 Å². The van der Waals surface area contributed by atoms with Crippen LogP contribution in [0.25, 0.3) is 11.1 Å². The van der Waals surface area contributed by atoms with E-state index in [9.17, 15) is 0 Å². The minimum Gasteiger partial charge on any atom is -0.493 e. The normalized spacial score (nSPS) is 10.1. The minimum atomic E-state index is 0.561. The quantitative estimate of drug-likeness (QED) is 0.914. The molecule has 0 aliphatic carbocycles. The Hall–Kier alpha value is -2.43. The van der Waals surface area contributed by atoms with Gasteiger partial charge in [-0.25, -0.2) is 0 Å². The second-order valence-corrected chi connectivity index (χ2v) is 3.92. The lowest BCUT2D eigenvalue weighted by Crippen LogP contribution is -1.96. The molecule has 0 amide bonds. The highest BCUT2D eigenvalue weighted by Crippen LogP contribution is 2.41. The molecule has 0 radical (unpaired) electrons. The summed E-state index contributed by atoms with van der Waals surface area (Å²) < 4.78 is 15.9. The molecule has 0 atom stereocenters. The summed E-state index contributed by atoms with van der Waals surface area (Å²) in [6, 6.07) is 5.56. The van der Waals surface area contributed by atoms with Crippen molar-refractivity contribution in [3.63, 3.8) is 0 Å². The average molecular weight is 260 g/mol. The summed E-state index contributed by atoms with van der Waals surface area (Å²) in [5.41, 5.74) is 8.13. The summed E-state index contributed by atoms with van der Waals surface area (Å²) in [7, 11) is 4.74. The Labute approximate surface area is 111 Å². The van der Waals surface area contributed by atoms with Crippen LogP contribution >= 0.6 is 0 Å². The topological polar surface area (TPSA) is 66.6 Å². The largest absolute Gasteiger partial charge is 0.493 e. The van der Waals surface area contributed by atoms with E-state index in [-0.39, 0.29) is 0 Å². The summed E-state index contributed by atoms with van der Waals surface area (Å²) in [6.07, 6.45) is 3.33. The fourth-order valence-electron chi connectivity index (χ4n) is 1.86. The van der Waals surface area contributed by atoms with Crippen LogP contribution in [0.1, 0.15) is 0 Å². The predicted octanol–water partition coefficient (Wildman–Crippen LogP) is 2.36. The van der Waals surface area contributed by atoms with E-state index >= 15 is 0 Å². The van der Waals surface area contributed by atoms with E-state index in [1.54, 1.807) is 33.7 Å². The first-order valence-corrected chi connectivity index (χ1v) is 5.70. The predicted molar refractivity (Wildman–Crippen MR) is 73.7 cm³/mol. The summed E-state index contributed by atoms with van der Waals surface area (Å²) >= 11 is 0. The molecule has 0 unspecified atom stereocenters. The Balaban J connectivity index is 2.59. The molecule has 5 heteroatoms. The summed E-state index contributed by atoms with van der Waals surface area (Å²) in [6.45, 7) is 0. The minimum absolute atomic E-state index is 0.561. The Kier molecular flexibility index (Phi) is 3.75. The van der Waals surface area contributed by atoms with Crippen molar-refractivity contribution >= 4 is 5.69 Å². The van der Waals surface area contributed by atoms with E-state index < -0.39 is 0 Å². The SMILES string of the molecule is COc1cc(-c2cncc(N)c2)cc(OC)c1OC. The lowest BCUT2D eigenvalue weighted by atomic mass is 10.1. The summed E-state index contributed by atoms with van der Waals surface area (Å²) in [5, 5.41) is 0. The van der Waals surface area contributed by atoms with Gasteiger partial charge >= 0.3 is 0 Å². The molecule has 2 rings (SSSR count). The van der Waals surface area contributed by atoms with Gasteiger partial charge in [0.1, 0.15) is 0 Å². The van der Waals surface area contributed by atoms with Crippen LogP contribution in [-0.4, -0.2) is 26.3 Å². The van der Waals surface area contributed by atoms with Crippen molar-refractivity contribution in [3.05, 3.63) is 30.6 Å². The number of benzene rings is 1. The third-order valence-corrected chi connectivity index (χ3v) is 2.76. The number of pyridine rings is 1. The van der Waals surface area contributed by atoms with Crippen molar-refractivity contribution in [2.75, 3.05) is 27.1 Å². The second kappa shape index (κ2) is 5.48. The average Bonchev–Trinajstić information content (AvgIpc) is 2.45. The van der Waals surface area contributed by atoms with Gasteiger partial charge < -0.3 is 19.9 Å². The number of methoxy groups -OCH3 is 3. The molecule has 1 aromatic heterocycles. The van der Waals surface area contributed by atoms with Crippen LogP contribution in [0.2, 0.25) is 0 Å². The van der Waals surface area contributed by atoms with Crippen LogP contribution in [0.5, 0.6) is 17.2 Å². The van der Waals surface area contributed by atoms with Gasteiger partial charge in [-0.05, 0) is 23.8 Å². The van der Waals surface area contributed by atoms with Gasteiger partial charge in [0.2, 0.25) is 5.75 Å². The van der Waals surface area contributed by atoms with Crippen molar-refractivity contribution in [2.24, 2.45) is 0 Å². The van der Waals surface area contributed by atoms with Gasteiger partial charge in [-0.15, -0.1) is 0 Å². The Morgan fingerprint density at radius 2 is 1.47 bits per heavy atom. The van der Waals surface area contributed by atoms with Crippen LogP contribution in [-0.2, 0) is 0 Å². The maximum Gasteiger partial charge on any atom is 0.203 e. The zero-order valence-corrected chi connectivity index (χ0v) is 11.1. The van der Waals surface area contributed by atoms with E-state index in [1.807, 2.05) is 18.2 Å². The summed E-state index contributed by atoms with van der Waals surface area (Å²) in [4.78, 5) is 4.08. The first kappa shape index (κ1) is 13.0. The van der Waals surface area contributed by atoms with Crippen molar-refractivity contribution in [1.29, 1.82) is 0 Å². The van der Waals surface area contributed by atoms with Crippen LogP contribution in [0.15, 0.2) is 30.6 Å². The highest BCUT2D eigenvalue weighted by molar-refractivity contribution is 5.72. The number of nitrogen functional groups attached to an aromatic ring is 1. The van der Waals surface area contributed by atoms with E-state index in [0.29, 0.717) is 22.9 Å². The van der Waals surface area contributed by atoms with Crippen LogP contribution in [0, 0.1) is 0 Å². The van der Waals surface area contributed by atoms with Gasteiger partial charge in [0, 0.05) is 18.0 Å². The highest BCUT2D eigenvalue weighted by Gasteiger charge is 2.14. The lowest BCUT2D eigenvalue weighted by molar-refractivity contribution is 0.324. The molecule has 1 heterocycles. The molecular formula is C14H16N2O3. The Bertz CT molecular complexity index is 560. The summed E-state index contributed by atoms with van der Waals surface area (Å²) in [5.74, 6) is 1.75. The van der Waals surface area contributed by atoms with E-state index in [0.717, 1.165) is 11.1 Å². The zero-order valence-electron chi connectivity index (χ0n) is 11.1. The molecule has 0 saturated heterocycles. The molecule has 0 spiro atoms. The van der Waals surface area contributed by atoms with E-state index in [2.05, 4.69) is 4.98 Å². The van der Waals surface area contributed by atoms with Gasteiger partial charge in [-0.1, -0.05) is 0 Å². The van der Waals surface area contributed by atoms with Crippen molar-refractivity contribution in [3.8, 4) is 28.4 Å². The molecule has 2 aromatic rings. The van der Waals surface area contributed by atoms with Gasteiger partial charge in [0.15, 0.2) is 11.5 Å². The fourth-order valence-corrected chi connectivity index (χ4v) is 1.86. The molecule has 0 saturated carbocycles. The van der Waals surface area contributed by atoms with Crippen molar-refractivity contribution < 1.29 is 14.2 Å². The molecule has 2 N–H and O–H groups in total. The molecule has 0 aliphatic rings. The number of aromatic nitrogens is 1. The monoisotopic (exact) mass is 260 g/mol. The Morgan fingerprint density at radius 3 is 1.95 bits per heavy atom. The molecule has 100 valence electrons. The number of rotatable bonds is 4. The third-order valence-electron chi connectivity index (χ3n) is 2.76. The number of hydrogen-bond donors (Lipinski definition) is 1. The smallest absolute Gasteiger partial charge is 0.203 e. The molecule has 0 fully saturated rings. The molecular weight excluding hydrogens is 244 g/mol. The third kappa shape index (κ3) is 2.54. The van der Waals surface area contributed by atoms with Crippen molar-refractivity contribution in [1.82, 2.24) is 4.98 Å². The molecule has 5 nitrogen and oxygen atoms in total. The van der Waals surface area contributed by atoms with Gasteiger partial charge in [0.25, 0.3) is 0 Å². The number of ether oxygens (including phenoxy) is 3. The number of anilines is 1. The molecule has 0 aliphatic heterocycles. The molecule has 1 aromatic carbocycles. The first-order chi connectivity index (χ1) is 9.19. The maximum absolute atomic E-state index is 5.74. The molecule has 19 heavy (non-hydrogen) atoms. The fraction of sp³-hybridized carbons (Fsp3) is 0.214. The zero-order chi connectivity index (χ0) is 13.8. The van der Waals surface area contributed by atoms with Gasteiger partial charge in [-0.2, -0.15) is 0 Å². The standard InChI is InChI=1S/C14H16N2O3/c1-17-12-5-9(6-13(18-2)14(12)19-3)10-4-11(15)8-16-7-10/h4-8H,15H2,1-3H3. The molecule has 0 bridgehead atoms. The van der Waals surface area contributed by atoms with Crippen LogP contribution in [0.4, 0.5) is 5.69 Å². The van der Waals surface area contributed by atoms with E-state index in [1.165, 1.54) is 0 Å². The second-order valence-electron chi connectivity index (χ2n) is 3.92. The van der Waals surface area contributed by atoms with Crippen LogP contribution in [0.3, 0.4) is 0 Å². The maximum atomic E-state index is 5.74. The van der Waals surface area contributed by atoms with E-state index in [4.69, 9.17) is 19.9 Å². The lowest BCUT2D eigenvalue weighted by Gasteiger charge is -2.14. The highest BCUT2D eigenvalue weighted by atomic mass is 16.5. The Morgan fingerprint density at radius 1 is 0.842 bits per heavy atom.